The highest BCUT2D eigenvalue weighted by atomic mass is 19.1. The van der Waals surface area contributed by atoms with E-state index in [2.05, 4.69) is 43.6 Å². The normalized spacial score (nSPS) is 19.2. The third-order valence-electron chi connectivity index (χ3n) is 7.06. The van der Waals surface area contributed by atoms with E-state index in [9.17, 15) is 9.18 Å². The summed E-state index contributed by atoms with van der Waals surface area (Å²) in [5.41, 5.74) is 2.75. The number of hydrogen-bond donors (Lipinski definition) is 0. The van der Waals surface area contributed by atoms with E-state index in [4.69, 9.17) is 11.1 Å². The molecule has 190 valence electrons. The number of nitrogens with zero attached hydrogens (tertiary/aromatic N) is 7. The van der Waals surface area contributed by atoms with E-state index in [0.29, 0.717) is 47.9 Å². The average molecular weight is 502 g/mol. The molecule has 4 aromatic rings. The first-order chi connectivity index (χ1) is 17.8. The van der Waals surface area contributed by atoms with Crippen LogP contribution in [0, 0.1) is 12.4 Å². The molecular weight excluding hydrogens is 473 g/mol. The maximum absolute atomic E-state index is 13.8. The SMILES string of the molecule is [C-]#[N+]c1ccc2c(n1)c(N1C[C@@H](C)N(C(c3ccc(F)cc3)c3nc(CC)no3)C[C@@H]1C)cc(=O)n2C. The van der Waals surface area contributed by atoms with Gasteiger partial charge in [0.05, 0.1) is 11.2 Å². The Morgan fingerprint density at radius 3 is 2.57 bits per heavy atom. The van der Waals surface area contributed by atoms with Gasteiger partial charge in [-0.2, -0.15) is 4.98 Å². The van der Waals surface area contributed by atoms with Crippen LogP contribution in [0.5, 0.6) is 0 Å². The number of hydrogen-bond acceptors (Lipinski definition) is 7. The molecule has 37 heavy (non-hydrogen) atoms. The van der Waals surface area contributed by atoms with Gasteiger partial charge in [0, 0.05) is 44.7 Å². The highest BCUT2D eigenvalue weighted by Crippen LogP contribution is 2.35. The van der Waals surface area contributed by atoms with Crippen LogP contribution in [0.4, 0.5) is 15.9 Å². The first-order valence-electron chi connectivity index (χ1n) is 12.3. The molecule has 0 spiro atoms. The van der Waals surface area contributed by atoms with Crippen LogP contribution >= 0.6 is 0 Å². The highest BCUT2D eigenvalue weighted by Gasteiger charge is 2.38. The molecule has 5 rings (SSSR count). The largest absolute Gasteiger partial charge is 0.362 e. The predicted octanol–water partition coefficient (Wildman–Crippen LogP) is 4.26. The van der Waals surface area contributed by atoms with Gasteiger partial charge in [0.25, 0.3) is 11.4 Å². The van der Waals surface area contributed by atoms with Crippen LogP contribution in [-0.2, 0) is 13.5 Å². The van der Waals surface area contributed by atoms with Crippen molar-refractivity contribution >= 4 is 22.5 Å². The van der Waals surface area contributed by atoms with E-state index in [0.717, 1.165) is 5.56 Å². The summed E-state index contributed by atoms with van der Waals surface area (Å²) in [7, 11) is 1.71. The molecule has 0 N–H and O–H groups in total. The van der Waals surface area contributed by atoms with E-state index >= 15 is 0 Å². The third-order valence-corrected chi connectivity index (χ3v) is 7.06. The molecule has 3 atom stereocenters. The number of piperazine rings is 1. The van der Waals surface area contributed by atoms with Gasteiger partial charge in [-0.1, -0.05) is 30.8 Å². The Hall–Kier alpha value is -4.10. The van der Waals surface area contributed by atoms with Crippen molar-refractivity contribution < 1.29 is 8.91 Å². The third kappa shape index (κ3) is 4.47. The maximum Gasteiger partial charge on any atom is 0.270 e. The van der Waals surface area contributed by atoms with E-state index < -0.39 is 0 Å². The Morgan fingerprint density at radius 2 is 1.89 bits per heavy atom. The predicted molar refractivity (Wildman–Crippen MR) is 138 cm³/mol. The highest BCUT2D eigenvalue weighted by molar-refractivity contribution is 5.89. The van der Waals surface area contributed by atoms with Crippen molar-refractivity contribution in [2.45, 2.75) is 45.3 Å². The van der Waals surface area contributed by atoms with Crippen LogP contribution in [0.3, 0.4) is 0 Å². The molecule has 1 fully saturated rings. The van der Waals surface area contributed by atoms with E-state index in [1.165, 1.54) is 12.1 Å². The number of rotatable bonds is 5. The van der Waals surface area contributed by atoms with E-state index in [1.54, 1.807) is 41.9 Å². The molecule has 0 bridgehead atoms. The first-order valence-corrected chi connectivity index (χ1v) is 12.3. The van der Waals surface area contributed by atoms with Crippen LogP contribution in [0.2, 0.25) is 0 Å². The Kier molecular flexibility index (Phi) is 6.48. The van der Waals surface area contributed by atoms with Crippen LogP contribution in [-0.4, -0.2) is 49.8 Å². The second kappa shape index (κ2) is 9.75. The minimum Gasteiger partial charge on any atom is -0.362 e. The van der Waals surface area contributed by atoms with Crippen molar-refractivity contribution in [1.29, 1.82) is 0 Å². The minimum atomic E-state index is -0.347. The van der Waals surface area contributed by atoms with Gasteiger partial charge in [0.2, 0.25) is 11.4 Å². The van der Waals surface area contributed by atoms with Crippen molar-refractivity contribution in [3.05, 3.63) is 87.3 Å². The molecule has 9 nitrogen and oxygen atoms in total. The fourth-order valence-electron chi connectivity index (χ4n) is 5.07. The van der Waals surface area contributed by atoms with E-state index in [1.807, 2.05) is 6.92 Å². The van der Waals surface area contributed by atoms with Gasteiger partial charge in [-0.25, -0.2) is 4.39 Å². The van der Waals surface area contributed by atoms with Gasteiger partial charge < -0.3 is 18.8 Å². The second-order valence-electron chi connectivity index (χ2n) is 9.48. The van der Waals surface area contributed by atoms with Crippen LogP contribution in [0.1, 0.15) is 44.1 Å². The Labute approximate surface area is 214 Å². The standard InChI is InChI=1S/C27H28FN7O2/c1-6-22-31-27(37-32-22)26(18-7-9-19(28)10-8-18)35-15-16(2)34(14-17(35)3)21-13-24(36)33(5)20-11-12-23(29-4)30-25(20)21/h7-13,16-17,26H,6,14-15H2,1-3,5H3/t16-,17+,26?/m0/s1. The summed E-state index contributed by atoms with van der Waals surface area (Å²) in [6.45, 7) is 14.8. The summed E-state index contributed by atoms with van der Waals surface area (Å²) < 4.78 is 21.0. The summed E-state index contributed by atoms with van der Waals surface area (Å²) >= 11 is 0. The van der Waals surface area contributed by atoms with Gasteiger partial charge in [-0.15, -0.1) is 4.98 Å². The number of aryl methyl sites for hydroxylation is 2. The molecule has 4 heterocycles. The fraction of sp³-hybridized carbons (Fsp3) is 0.370. The Balaban J connectivity index is 1.54. The molecule has 1 aliphatic heterocycles. The number of pyridine rings is 2. The van der Waals surface area contributed by atoms with Crippen LogP contribution < -0.4 is 10.5 Å². The smallest absolute Gasteiger partial charge is 0.270 e. The number of benzene rings is 1. The van der Waals surface area contributed by atoms with Crippen LogP contribution in [0.15, 0.2) is 51.8 Å². The number of anilines is 1. The molecule has 1 aromatic carbocycles. The summed E-state index contributed by atoms with van der Waals surface area (Å²) in [5.74, 6) is 1.07. The zero-order valence-corrected chi connectivity index (χ0v) is 21.2. The summed E-state index contributed by atoms with van der Waals surface area (Å²) in [5, 5.41) is 4.10. The monoisotopic (exact) mass is 501 g/mol. The average Bonchev–Trinajstić information content (AvgIpc) is 3.38. The molecule has 1 saturated heterocycles. The van der Waals surface area contributed by atoms with Gasteiger partial charge in [-0.05, 0) is 43.7 Å². The lowest BCUT2D eigenvalue weighted by Crippen LogP contribution is -2.57. The molecule has 0 amide bonds. The van der Waals surface area contributed by atoms with Gasteiger partial charge >= 0.3 is 0 Å². The van der Waals surface area contributed by atoms with Crippen molar-refractivity contribution in [3.8, 4) is 0 Å². The first kappa shape index (κ1) is 24.6. The summed E-state index contributed by atoms with van der Waals surface area (Å²) in [6.07, 6.45) is 0.648. The van der Waals surface area contributed by atoms with Gasteiger partial charge in [-0.3, -0.25) is 9.69 Å². The summed E-state index contributed by atoms with van der Waals surface area (Å²) in [4.78, 5) is 29.9. The number of aromatic nitrogens is 4. The molecule has 0 saturated carbocycles. The summed E-state index contributed by atoms with van der Waals surface area (Å²) in [6, 6.07) is 11.0. The lowest BCUT2D eigenvalue weighted by atomic mass is 9.98. The lowest BCUT2D eigenvalue weighted by molar-refractivity contribution is 0.110. The lowest BCUT2D eigenvalue weighted by Gasteiger charge is -2.47. The van der Waals surface area contributed by atoms with Crippen molar-refractivity contribution in [1.82, 2.24) is 24.6 Å². The van der Waals surface area contributed by atoms with E-state index in [-0.39, 0.29) is 35.3 Å². The van der Waals surface area contributed by atoms with Crippen molar-refractivity contribution in [2.75, 3.05) is 18.0 Å². The maximum atomic E-state index is 13.8. The quantitative estimate of drug-likeness (QED) is 0.378. The zero-order valence-electron chi connectivity index (χ0n) is 21.2. The Morgan fingerprint density at radius 1 is 1.14 bits per heavy atom. The Bertz CT molecular complexity index is 1540. The van der Waals surface area contributed by atoms with Crippen molar-refractivity contribution in [3.63, 3.8) is 0 Å². The minimum absolute atomic E-state index is 0.00591. The molecular formula is C27H28FN7O2. The molecule has 1 aliphatic rings. The number of halogens is 1. The molecule has 1 unspecified atom stereocenters. The van der Waals surface area contributed by atoms with Gasteiger partial charge in [0.15, 0.2) is 5.82 Å². The zero-order chi connectivity index (χ0) is 26.3. The molecule has 0 radical (unpaired) electrons. The fourth-order valence-corrected chi connectivity index (χ4v) is 5.07. The van der Waals surface area contributed by atoms with Crippen molar-refractivity contribution in [2.24, 2.45) is 7.05 Å². The second-order valence-corrected chi connectivity index (χ2v) is 9.48. The van der Waals surface area contributed by atoms with Crippen LogP contribution in [0.25, 0.3) is 15.9 Å². The number of fused-ring (bicyclic) bond motifs is 1. The van der Waals surface area contributed by atoms with Gasteiger partial charge in [0.1, 0.15) is 11.9 Å². The molecule has 3 aromatic heterocycles. The molecule has 0 aliphatic carbocycles. The topological polar surface area (TPSA) is 84.7 Å². The molecule has 10 heteroatoms.